The molecule has 2 heterocycles. The number of rotatable bonds is 2. The fourth-order valence-corrected chi connectivity index (χ4v) is 0.997. The van der Waals surface area contributed by atoms with Crippen LogP contribution in [-0.2, 0) is 4.79 Å². The third kappa shape index (κ3) is 1.06. The lowest BCUT2D eigenvalue weighted by Crippen LogP contribution is -2.13. The van der Waals surface area contributed by atoms with E-state index in [1.807, 2.05) is 0 Å². The third-order valence-electron chi connectivity index (χ3n) is 1.53. The van der Waals surface area contributed by atoms with E-state index in [0.29, 0.717) is 12.1 Å². The molecule has 0 saturated carbocycles. The number of imidazole rings is 1. The number of nitrogens with one attached hydrogen (secondary N) is 2. The van der Waals surface area contributed by atoms with Crippen LogP contribution in [-0.4, -0.2) is 26.0 Å². The van der Waals surface area contributed by atoms with Crippen LogP contribution in [0.5, 0.6) is 0 Å². The summed E-state index contributed by atoms with van der Waals surface area (Å²) in [7, 11) is 0. The minimum Gasteiger partial charge on any atom is -0.311 e. The third-order valence-corrected chi connectivity index (χ3v) is 1.53. The molecule has 0 unspecified atom stereocenters. The van der Waals surface area contributed by atoms with Crippen LogP contribution in [0.1, 0.15) is 0 Å². The maximum atomic E-state index is 11.1. The van der Waals surface area contributed by atoms with Crippen LogP contribution in [0.2, 0.25) is 0 Å². The predicted octanol–water partition coefficient (Wildman–Crippen LogP) is -1.18. The van der Waals surface area contributed by atoms with Gasteiger partial charge in [-0.25, -0.2) is 14.6 Å². The molecular weight excluding hydrogens is 174 g/mol. The number of carbonyl (C=O) groups excluding carboxylic acids is 1. The summed E-state index contributed by atoms with van der Waals surface area (Å²) in [5, 5.41) is 0. The van der Waals surface area contributed by atoms with Gasteiger partial charge in [0.15, 0.2) is 11.2 Å². The number of carbonyl (C=O) groups is 1. The molecule has 0 spiro atoms. The number of aromatic amines is 1. The number of H-pyrrole nitrogens is 1. The highest BCUT2D eigenvalue weighted by Gasteiger charge is 2.05. The molecule has 0 radical (unpaired) electrons. The van der Waals surface area contributed by atoms with Crippen LogP contribution in [0.4, 0.5) is 0 Å². The highest BCUT2D eigenvalue weighted by molar-refractivity contribution is 5.71. The van der Waals surface area contributed by atoms with E-state index in [9.17, 15) is 9.59 Å². The van der Waals surface area contributed by atoms with Crippen molar-refractivity contribution >= 4 is 17.6 Å². The minimum absolute atomic E-state index is 0.192. The van der Waals surface area contributed by atoms with Crippen molar-refractivity contribution in [1.29, 1.82) is 0 Å². The molecule has 2 aromatic heterocycles. The van der Waals surface area contributed by atoms with Crippen molar-refractivity contribution in [1.82, 2.24) is 19.6 Å². The van der Waals surface area contributed by atoms with Gasteiger partial charge in [0.05, 0.1) is 6.33 Å². The average Bonchev–Trinajstić information content (AvgIpc) is 2.51. The molecule has 0 atom stereocenters. The van der Waals surface area contributed by atoms with E-state index in [1.54, 1.807) is 0 Å². The van der Waals surface area contributed by atoms with Gasteiger partial charge >= 0.3 is 0 Å². The van der Waals surface area contributed by atoms with Crippen LogP contribution in [0, 0.1) is 0 Å². The van der Waals surface area contributed by atoms with Crippen molar-refractivity contribution in [3.05, 3.63) is 23.0 Å². The van der Waals surface area contributed by atoms with Gasteiger partial charge < -0.3 is 4.98 Å². The van der Waals surface area contributed by atoms with Crippen molar-refractivity contribution in [3.63, 3.8) is 0 Å². The topological polar surface area (TPSA) is 92.7 Å². The second-order valence-corrected chi connectivity index (χ2v) is 2.27. The fraction of sp³-hybridized carbons (Fsp3) is 0. The monoisotopic (exact) mass is 179 g/mol. The summed E-state index contributed by atoms with van der Waals surface area (Å²) < 4.78 is 1.26. The lowest BCUT2D eigenvalue weighted by molar-refractivity contribution is -0.106. The molecule has 0 aliphatic heterocycles. The highest BCUT2D eigenvalue weighted by atomic mass is 16.1. The van der Waals surface area contributed by atoms with Gasteiger partial charge in [-0.05, 0) is 0 Å². The molecule has 0 saturated heterocycles. The first-order chi connectivity index (χ1) is 6.33. The molecule has 0 fully saturated rings. The van der Waals surface area contributed by atoms with Gasteiger partial charge in [0, 0.05) is 0 Å². The molecule has 7 nitrogen and oxygen atoms in total. The molecule has 2 aromatic rings. The second-order valence-electron chi connectivity index (χ2n) is 2.27. The van der Waals surface area contributed by atoms with Crippen molar-refractivity contribution in [2.75, 3.05) is 5.43 Å². The second kappa shape index (κ2) is 2.70. The van der Waals surface area contributed by atoms with E-state index < -0.39 is 0 Å². The first kappa shape index (κ1) is 7.47. The normalized spacial score (nSPS) is 10.2. The molecule has 0 aliphatic carbocycles. The highest BCUT2D eigenvalue weighted by Crippen LogP contribution is 1.99. The van der Waals surface area contributed by atoms with Crippen LogP contribution < -0.4 is 11.0 Å². The zero-order valence-electron chi connectivity index (χ0n) is 6.39. The maximum Gasteiger partial charge on any atom is 0.278 e. The first-order valence-corrected chi connectivity index (χ1v) is 3.44. The Morgan fingerprint density at radius 3 is 3.15 bits per heavy atom. The summed E-state index contributed by atoms with van der Waals surface area (Å²) >= 11 is 0. The van der Waals surface area contributed by atoms with E-state index in [1.165, 1.54) is 17.3 Å². The number of hydrogen-bond acceptors (Lipinski definition) is 4. The Kier molecular flexibility index (Phi) is 1.55. The predicted molar refractivity (Wildman–Crippen MR) is 43.6 cm³/mol. The molecule has 1 amide bonds. The minimum atomic E-state index is -0.337. The van der Waals surface area contributed by atoms with E-state index >= 15 is 0 Å². The molecule has 13 heavy (non-hydrogen) atoms. The zero-order valence-corrected chi connectivity index (χ0v) is 6.39. The smallest absolute Gasteiger partial charge is 0.278 e. The fourth-order valence-electron chi connectivity index (χ4n) is 0.997. The van der Waals surface area contributed by atoms with Crippen molar-refractivity contribution in [3.8, 4) is 0 Å². The number of nitrogens with zero attached hydrogens (tertiary/aromatic N) is 3. The Morgan fingerprint density at radius 2 is 2.38 bits per heavy atom. The summed E-state index contributed by atoms with van der Waals surface area (Å²) in [6, 6.07) is 0. The van der Waals surface area contributed by atoms with Gasteiger partial charge in [0.2, 0.25) is 6.41 Å². The van der Waals surface area contributed by atoms with Crippen LogP contribution in [0.3, 0.4) is 0 Å². The Hall–Kier alpha value is -2.18. The number of hydrogen-bond donors (Lipinski definition) is 2. The van der Waals surface area contributed by atoms with Gasteiger partial charge in [-0.3, -0.25) is 15.0 Å². The van der Waals surface area contributed by atoms with Gasteiger partial charge in [0.25, 0.3) is 5.56 Å². The SMILES string of the molecule is O=CNn1cnc2c(=O)[nH]cnc21. The molecule has 66 valence electrons. The van der Waals surface area contributed by atoms with E-state index in [-0.39, 0.29) is 11.1 Å². The molecule has 0 bridgehead atoms. The van der Waals surface area contributed by atoms with E-state index in [4.69, 9.17) is 0 Å². The first-order valence-electron chi connectivity index (χ1n) is 3.44. The molecule has 7 heteroatoms. The maximum absolute atomic E-state index is 11.1. The summed E-state index contributed by atoms with van der Waals surface area (Å²) in [4.78, 5) is 31.2. The number of aromatic nitrogens is 4. The molecular formula is C6H5N5O2. The summed E-state index contributed by atoms with van der Waals surface area (Å²) in [6.07, 6.45) is 3.03. The van der Waals surface area contributed by atoms with E-state index in [2.05, 4.69) is 20.4 Å². The van der Waals surface area contributed by atoms with Gasteiger partial charge in [-0.15, -0.1) is 0 Å². The van der Waals surface area contributed by atoms with Gasteiger partial charge in [-0.2, -0.15) is 0 Å². The van der Waals surface area contributed by atoms with Crippen LogP contribution >= 0.6 is 0 Å². The van der Waals surface area contributed by atoms with Gasteiger partial charge in [-0.1, -0.05) is 0 Å². The Balaban J connectivity index is 2.75. The van der Waals surface area contributed by atoms with Crippen LogP contribution in [0.15, 0.2) is 17.4 Å². The van der Waals surface area contributed by atoms with Crippen molar-refractivity contribution in [2.24, 2.45) is 0 Å². The molecule has 0 aliphatic rings. The van der Waals surface area contributed by atoms with Crippen molar-refractivity contribution < 1.29 is 4.79 Å². The lowest BCUT2D eigenvalue weighted by Gasteiger charge is -1.96. The summed E-state index contributed by atoms with van der Waals surface area (Å²) in [6.45, 7) is 0. The van der Waals surface area contributed by atoms with E-state index in [0.717, 1.165) is 0 Å². The number of amides is 1. The van der Waals surface area contributed by atoms with Gasteiger partial charge in [0.1, 0.15) is 6.33 Å². The standard InChI is InChI=1S/C6H5N5O2/c12-3-10-11-2-9-4-5(11)7-1-8-6(4)13/h1-3H,(H,10,12)(H,7,8,13). The average molecular weight is 179 g/mol. The number of fused-ring (bicyclic) bond motifs is 1. The Morgan fingerprint density at radius 1 is 1.54 bits per heavy atom. The Labute approximate surface area is 71.4 Å². The van der Waals surface area contributed by atoms with Crippen molar-refractivity contribution in [2.45, 2.75) is 0 Å². The van der Waals surface area contributed by atoms with Crippen LogP contribution in [0.25, 0.3) is 11.2 Å². The largest absolute Gasteiger partial charge is 0.311 e. The molecule has 0 aromatic carbocycles. The molecule has 2 N–H and O–H groups in total. The summed E-state index contributed by atoms with van der Waals surface area (Å²) in [5.74, 6) is 0. The molecule has 2 rings (SSSR count). The zero-order chi connectivity index (χ0) is 9.26. The quantitative estimate of drug-likeness (QED) is 0.567. The summed E-state index contributed by atoms with van der Waals surface area (Å²) in [5.41, 5.74) is 2.49. The lowest BCUT2D eigenvalue weighted by atomic mass is 10.5. The Bertz CT molecular complexity index is 499.